The number of hydrogen-bond donors (Lipinski definition) is 0. The predicted molar refractivity (Wildman–Crippen MR) is 263 cm³/mol. The van der Waals surface area contributed by atoms with Gasteiger partial charge in [0.1, 0.15) is 0 Å². The summed E-state index contributed by atoms with van der Waals surface area (Å²) in [5, 5.41) is 0. The minimum absolute atomic E-state index is 0.409. The Balaban J connectivity index is 2.54. The number of benzene rings is 4. The van der Waals surface area contributed by atoms with Crippen LogP contribution in [0.15, 0.2) is 89.5 Å². The summed E-state index contributed by atoms with van der Waals surface area (Å²) in [5.41, 5.74) is 2.67. The van der Waals surface area contributed by atoms with E-state index in [4.69, 9.17) is 0 Å². The van der Waals surface area contributed by atoms with Gasteiger partial charge in [0.15, 0.2) is 0 Å². The zero-order valence-corrected chi connectivity index (χ0v) is 52.5. The Morgan fingerprint density at radius 1 is 0.217 bits per heavy atom. The van der Waals surface area contributed by atoms with E-state index in [0.29, 0.717) is 6.42 Å². The molecule has 0 saturated carbocycles. The summed E-state index contributed by atoms with van der Waals surface area (Å²) in [6, 6.07) is 0. The highest BCUT2D eigenvalue weighted by Crippen LogP contribution is 2.63. The fraction of sp³-hybridized carbons (Fsp3) is 0.0769. The molecule has 0 heterocycles. The van der Waals surface area contributed by atoms with Gasteiger partial charge in [-0.1, -0.05) is 0 Å². The van der Waals surface area contributed by atoms with Crippen LogP contribution in [0.4, 0.5) is 0 Å². The Morgan fingerprint density at radius 3 is 0.565 bits per heavy atom. The first kappa shape index (κ1) is 45.2. The molecular weight excluding hydrogens is 1910 g/mol. The van der Waals surface area contributed by atoms with Crippen LogP contribution in [-0.2, 0) is 11.8 Å². The Labute approximate surface area is 433 Å². The third-order valence-electron chi connectivity index (χ3n) is 6.65. The van der Waals surface area contributed by atoms with Gasteiger partial charge < -0.3 is 0 Å². The van der Waals surface area contributed by atoms with Crippen LogP contribution < -0.4 is 0 Å². The number of halogens is 20. The van der Waals surface area contributed by atoms with Crippen molar-refractivity contribution in [1.82, 2.24) is 0 Å². The molecule has 0 nitrogen and oxygen atoms in total. The van der Waals surface area contributed by atoms with E-state index in [1.807, 2.05) is 0 Å². The van der Waals surface area contributed by atoms with Gasteiger partial charge in [0, 0.05) is 89.5 Å². The molecule has 0 aromatic heterocycles. The van der Waals surface area contributed by atoms with E-state index in [2.05, 4.69) is 319 Å². The van der Waals surface area contributed by atoms with E-state index in [-0.39, 0.29) is 0 Å². The topological polar surface area (TPSA) is 0 Å². The van der Waals surface area contributed by atoms with Crippen LogP contribution in [-0.4, -0.2) is 0 Å². The molecule has 4 aromatic rings. The van der Waals surface area contributed by atoms with E-state index in [9.17, 15) is 0 Å². The molecule has 0 N–H and O–H groups in total. The lowest BCUT2D eigenvalue weighted by Crippen LogP contribution is -2.36. The van der Waals surface area contributed by atoms with E-state index >= 15 is 0 Å². The Bertz CT molecular complexity index is 1700. The van der Waals surface area contributed by atoms with Crippen molar-refractivity contribution >= 4 is 319 Å². The lowest BCUT2D eigenvalue weighted by molar-refractivity contribution is 0.588. The summed E-state index contributed by atoms with van der Waals surface area (Å²) in [6.45, 7) is 0. The minimum Gasteiger partial charge on any atom is -0.0492 e. The Hall–Kier alpha value is 6.48. The summed E-state index contributed by atoms with van der Waals surface area (Å²) in [4.78, 5) is 0. The molecule has 0 aliphatic rings. The average Bonchev–Trinajstić information content (AvgIpc) is 3.02. The van der Waals surface area contributed by atoms with Crippen molar-refractivity contribution in [2.45, 2.75) is 11.8 Å². The Kier molecular flexibility index (Phi) is 17.6. The summed E-state index contributed by atoms with van der Waals surface area (Å²) in [5.74, 6) is 0. The molecule has 0 unspecified atom stereocenters. The van der Waals surface area contributed by atoms with Gasteiger partial charge in [0.2, 0.25) is 0 Å². The molecule has 0 radical (unpaired) electrons. The normalized spacial score (nSPS) is 12.0. The zero-order chi connectivity index (χ0) is 35.1. The minimum atomic E-state index is -1.03. The van der Waals surface area contributed by atoms with Crippen LogP contribution in [0.25, 0.3) is 0 Å². The third-order valence-corrected chi connectivity index (χ3v) is 31.2. The molecule has 0 aliphatic heterocycles. The number of rotatable bonds is 5. The molecule has 246 valence electrons. The molecule has 0 fully saturated rings. The first-order valence-electron chi connectivity index (χ1n) is 11.2. The molecule has 0 amide bonds. The van der Waals surface area contributed by atoms with Gasteiger partial charge in [-0.05, 0) is 347 Å². The van der Waals surface area contributed by atoms with Crippen LogP contribution in [0, 0.1) is 0 Å². The molecule has 4 aromatic carbocycles. The fourth-order valence-electron chi connectivity index (χ4n) is 4.65. The van der Waals surface area contributed by atoms with Crippen LogP contribution in [0.5, 0.6) is 0 Å². The van der Waals surface area contributed by atoms with Crippen molar-refractivity contribution in [3.05, 3.63) is 112 Å². The number of hydrogen-bond acceptors (Lipinski definition) is 0. The summed E-state index contributed by atoms with van der Waals surface area (Å²) >= 11 is 78.0. The van der Waals surface area contributed by atoms with Crippen molar-refractivity contribution in [2.24, 2.45) is 0 Å². The van der Waals surface area contributed by atoms with E-state index in [1.165, 1.54) is 0 Å². The second-order valence-electron chi connectivity index (χ2n) is 8.97. The fourth-order valence-corrected chi connectivity index (χ4v) is 19.2. The van der Waals surface area contributed by atoms with Crippen molar-refractivity contribution < 1.29 is 0 Å². The van der Waals surface area contributed by atoms with Crippen molar-refractivity contribution in [3.8, 4) is 0 Å². The van der Waals surface area contributed by atoms with Gasteiger partial charge >= 0.3 is 0 Å². The zero-order valence-electron chi connectivity index (χ0n) is 20.8. The molecule has 0 bridgehead atoms. The van der Waals surface area contributed by atoms with Crippen LogP contribution in [0.3, 0.4) is 0 Å². The summed E-state index contributed by atoms with van der Waals surface area (Å²) in [7, 11) is 0. The van der Waals surface area contributed by atoms with Gasteiger partial charge in [-0.2, -0.15) is 0 Å². The molecule has 0 aliphatic carbocycles. The Morgan fingerprint density at radius 2 is 0.370 bits per heavy atom. The van der Waals surface area contributed by atoms with Gasteiger partial charge in [0.05, 0.1) is 5.41 Å². The smallest absolute Gasteiger partial charge is 0.0492 e. The first-order valence-corrected chi connectivity index (χ1v) is 27.1. The third kappa shape index (κ3) is 7.85. The molecule has 0 atom stereocenters. The first-order chi connectivity index (χ1) is 21.2. The average molecular weight is 1910 g/mol. The van der Waals surface area contributed by atoms with Gasteiger partial charge in [0.25, 0.3) is 0 Å². The van der Waals surface area contributed by atoms with Crippen molar-refractivity contribution in [3.63, 3.8) is 0 Å². The molecule has 0 saturated heterocycles. The quantitative estimate of drug-likeness (QED) is 0.106. The van der Waals surface area contributed by atoms with Gasteiger partial charge in [-0.3, -0.25) is 0 Å². The van der Waals surface area contributed by atoms with Crippen molar-refractivity contribution in [2.75, 3.05) is 0 Å². The van der Waals surface area contributed by atoms with Crippen LogP contribution in [0.1, 0.15) is 22.3 Å². The molecular formula is C26H2Br20. The molecule has 4 rings (SSSR count). The SMILES string of the molecule is Brc1c(Br)c(Br)c(CC(c2c(Br)c(Br)c(Br)c(Br)c2Br)(c2c(Br)c(Br)c(Br)c(Br)c2Br)c2c(Br)c(Br)c(Br)c(Br)c2Br)c(Br)c1Br. The second-order valence-corrected chi connectivity index (χ2v) is 24.8. The molecule has 0 spiro atoms. The van der Waals surface area contributed by atoms with E-state index in [1.54, 1.807) is 0 Å². The summed E-state index contributed by atoms with van der Waals surface area (Å²) < 4.78 is 16.7. The van der Waals surface area contributed by atoms with Gasteiger partial charge in [-0.15, -0.1) is 0 Å². The van der Waals surface area contributed by atoms with Gasteiger partial charge in [-0.25, -0.2) is 0 Å². The highest BCUT2D eigenvalue weighted by molar-refractivity contribution is 9.18. The lowest BCUT2D eigenvalue weighted by Gasteiger charge is -2.42. The molecule has 20 heteroatoms. The maximum absolute atomic E-state index is 4.03. The molecule has 46 heavy (non-hydrogen) atoms. The lowest BCUT2D eigenvalue weighted by atomic mass is 9.66. The highest BCUT2D eigenvalue weighted by atomic mass is 79.9. The largest absolute Gasteiger partial charge is 0.0561 e. The maximum Gasteiger partial charge on any atom is 0.0561 e. The monoisotopic (exact) mass is 1890 g/mol. The van der Waals surface area contributed by atoms with Crippen LogP contribution in [0.2, 0.25) is 0 Å². The highest BCUT2D eigenvalue weighted by Gasteiger charge is 2.49. The maximum atomic E-state index is 4.03. The van der Waals surface area contributed by atoms with Crippen molar-refractivity contribution in [1.29, 1.82) is 0 Å². The predicted octanol–water partition coefficient (Wildman–Crippen LogP) is 21.5. The second kappa shape index (κ2) is 18.0. The van der Waals surface area contributed by atoms with E-state index in [0.717, 1.165) is 112 Å². The summed E-state index contributed by atoms with van der Waals surface area (Å²) in [6.07, 6.45) is 0.409. The van der Waals surface area contributed by atoms with E-state index < -0.39 is 5.41 Å². The van der Waals surface area contributed by atoms with Crippen LogP contribution >= 0.6 is 319 Å². The standard InChI is InChI=1S/C26H2Br20/c27-6-2(7(28)15(36)22(43)14(6)35)1-26(3-8(29)16(37)23(44)17(38)9(3)30,4-10(31)18(39)24(45)19(40)11(4)32)5-12(33)20(41)25(46)21(42)13(5)34/h1H2.